The van der Waals surface area contributed by atoms with Crippen molar-refractivity contribution in [3.05, 3.63) is 94.8 Å². The Labute approximate surface area is 217 Å². The van der Waals surface area contributed by atoms with Crippen LogP contribution in [0.3, 0.4) is 0 Å². The van der Waals surface area contributed by atoms with Crippen LogP contribution in [0.15, 0.2) is 61.3 Å². The summed E-state index contributed by atoms with van der Waals surface area (Å²) in [6.07, 6.45) is 4.08. The van der Waals surface area contributed by atoms with Crippen molar-refractivity contribution in [2.75, 3.05) is 0 Å². The Kier molecular flexibility index (Phi) is 7.16. The maximum atomic E-state index is 14.9. The van der Waals surface area contributed by atoms with Crippen molar-refractivity contribution in [1.82, 2.24) is 29.9 Å². The summed E-state index contributed by atoms with van der Waals surface area (Å²) in [4.78, 5) is 17.4. The normalized spacial score (nSPS) is 14.3. The number of aromatic nitrogens is 5. The van der Waals surface area contributed by atoms with Gasteiger partial charge in [-0.1, -0.05) is 38.4 Å². The molecule has 0 aliphatic carbocycles. The van der Waals surface area contributed by atoms with Crippen molar-refractivity contribution in [3.63, 3.8) is 0 Å². The molecule has 0 fully saturated rings. The molecule has 4 rings (SSSR count). The van der Waals surface area contributed by atoms with E-state index in [1.807, 2.05) is 20.8 Å². The van der Waals surface area contributed by atoms with Crippen LogP contribution in [0.2, 0.25) is 5.02 Å². The molecule has 4 aromatic rings. The van der Waals surface area contributed by atoms with Gasteiger partial charge in [0.15, 0.2) is 0 Å². The second kappa shape index (κ2) is 10.0. The van der Waals surface area contributed by atoms with Gasteiger partial charge in [0.05, 0.1) is 35.7 Å². The largest absolute Gasteiger partial charge is 0.381 e. The third-order valence-electron chi connectivity index (χ3n) is 6.13. The number of rotatable bonds is 7. The fourth-order valence-corrected chi connectivity index (χ4v) is 4.39. The van der Waals surface area contributed by atoms with Gasteiger partial charge in [-0.05, 0) is 37.3 Å². The summed E-state index contributed by atoms with van der Waals surface area (Å²) in [7, 11) is 0. The summed E-state index contributed by atoms with van der Waals surface area (Å²) in [5.74, 6) is -2.25. The summed E-state index contributed by atoms with van der Waals surface area (Å²) in [5, 5.41) is 23.5. The monoisotopic (exact) mass is 528 g/mol. The molecule has 8 nitrogen and oxygen atoms in total. The van der Waals surface area contributed by atoms with Gasteiger partial charge in [-0.3, -0.25) is 4.79 Å². The fraction of sp³-hybridized carbons (Fsp3) is 0.308. The van der Waals surface area contributed by atoms with Crippen LogP contribution in [0.1, 0.15) is 49.3 Å². The molecule has 0 saturated carbocycles. The van der Waals surface area contributed by atoms with Gasteiger partial charge in [0.1, 0.15) is 29.9 Å². The van der Waals surface area contributed by atoms with E-state index in [0.717, 1.165) is 17.8 Å². The van der Waals surface area contributed by atoms with E-state index < -0.39 is 34.6 Å². The van der Waals surface area contributed by atoms with Gasteiger partial charge in [-0.2, -0.15) is 10.2 Å². The van der Waals surface area contributed by atoms with Crippen LogP contribution in [-0.4, -0.2) is 41.6 Å². The highest BCUT2D eigenvalue weighted by Gasteiger charge is 2.41. The molecule has 0 radical (unpaired) electrons. The van der Waals surface area contributed by atoms with Gasteiger partial charge in [0.25, 0.3) is 5.91 Å². The average molecular weight is 529 g/mol. The Morgan fingerprint density at radius 1 is 1.14 bits per heavy atom. The molecule has 0 aliphatic rings. The van der Waals surface area contributed by atoms with Crippen molar-refractivity contribution in [2.45, 2.75) is 51.3 Å². The molecule has 0 aliphatic heterocycles. The minimum atomic E-state index is -1.99. The van der Waals surface area contributed by atoms with Crippen molar-refractivity contribution < 1.29 is 18.7 Å². The molecule has 2 aromatic carbocycles. The smallest absolute Gasteiger partial charge is 0.255 e. The number of nitrogens with zero attached hydrogens (tertiary/aromatic N) is 5. The number of nitrogens with one attached hydrogen (secondary N) is 1. The molecular formula is C26H27ClF2N6O2. The average Bonchev–Trinajstić information content (AvgIpc) is 3.49. The maximum absolute atomic E-state index is 14.9. The third-order valence-corrected chi connectivity index (χ3v) is 6.38. The zero-order chi connectivity index (χ0) is 27.0. The Hall–Kier alpha value is -3.63. The Morgan fingerprint density at radius 3 is 2.43 bits per heavy atom. The van der Waals surface area contributed by atoms with Gasteiger partial charge >= 0.3 is 0 Å². The van der Waals surface area contributed by atoms with Crippen molar-refractivity contribution in [3.8, 4) is 5.69 Å². The lowest BCUT2D eigenvalue weighted by Gasteiger charge is -2.35. The molecule has 2 N–H and O–H groups in total. The predicted octanol–water partition coefficient (Wildman–Crippen LogP) is 4.40. The van der Waals surface area contributed by atoms with E-state index in [4.69, 9.17) is 11.6 Å². The zero-order valence-electron chi connectivity index (χ0n) is 20.8. The first kappa shape index (κ1) is 26.4. The van der Waals surface area contributed by atoms with Gasteiger partial charge in [-0.25, -0.2) is 23.1 Å². The zero-order valence-corrected chi connectivity index (χ0v) is 21.5. The highest BCUT2D eigenvalue weighted by molar-refractivity contribution is 6.30. The molecule has 2 aromatic heterocycles. The van der Waals surface area contributed by atoms with Crippen LogP contribution in [0.25, 0.3) is 5.69 Å². The third kappa shape index (κ3) is 5.40. The highest BCUT2D eigenvalue weighted by atomic mass is 35.5. The number of hydrogen-bond acceptors (Lipinski definition) is 5. The Bertz CT molecular complexity index is 1400. The molecule has 1 amide bonds. The number of carbonyl (C=O) groups is 1. The summed E-state index contributed by atoms with van der Waals surface area (Å²) in [5.41, 5.74) is -1.03. The Morgan fingerprint density at radius 2 is 1.84 bits per heavy atom. The minimum absolute atomic E-state index is 0.190. The molecule has 0 saturated heterocycles. The summed E-state index contributed by atoms with van der Waals surface area (Å²) < 4.78 is 31.5. The number of hydrogen-bond donors (Lipinski definition) is 2. The van der Waals surface area contributed by atoms with Gasteiger partial charge < -0.3 is 10.4 Å². The van der Waals surface area contributed by atoms with E-state index in [0.29, 0.717) is 16.8 Å². The lowest BCUT2D eigenvalue weighted by atomic mass is 9.85. The minimum Gasteiger partial charge on any atom is -0.381 e. The van der Waals surface area contributed by atoms with Crippen molar-refractivity contribution in [1.29, 1.82) is 0 Å². The van der Waals surface area contributed by atoms with Crippen LogP contribution in [0.4, 0.5) is 8.78 Å². The van der Waals surface area contributed by atoms with Crippen LogP contribution in [0.5, 0.6) is 0 Å². The van der Waals surface area contributed by atoms with Crippen LogP contribution in [0, 0.1) is 11.6 Å². The number of aliphatic hydroxyl groups is 1. The first-order valence-corrected chi connectivity index (χ1v) is 11.9. The number of halogens is 3. The van der Waals surface area contributed by atoms with Crippen LogP contribution < -0.4 is 5.32 Å². The first-order chi connectivity index (χ1) is 17.4. The fourth-order valence-electron chi connectivity index (χ4n) is 4.27. The van der Waals surface area contributed by atoms with Gasteiger partial charge in [-0.15, -0.1) is 0 Å². The molecule has 2 atom stereocenters. The summed E-state index contributed by atoms with van der Waals surface area (Å²) in [6.45, 7) is 7.15. The molecule has 37 heavy (non-hydrogen) atoms. The van der Waals surface area contributed by atoms with E-state index >= 15 is 0 Å². The first-order valence-electron chi connectivity index (χ1n) is 11.6. The molecule has 2 heterocycles. The lowest BCUT2D eigenvalue weighted by molar-refractivity contribution is -0.0186. The van der Waals surface area contributed by atoms with Crippen LogP contribution >= 0.6 is 11.6 Å². The second-order valence-corrected chi connectivity index (χ2v) is 10.3. The standard InChI is InChI=1S/C26H27ClF2N6O2/c1-16(26(37,13-34-15-30-14-32-34)21-10-7-18(28)11-22(21)29)33-24(36)20-12-31-35(23(20)25(2,3)4)19-8-5-17(27)6-9-19/h5-12,14-16,37H,13H2,1-4H3,(H,33,36)/t16-,26-/m1/s1. The second-order valence-electron chi connectivity index (χ2n) is 9.88. The number of amides is 1. The van der Waals surface area contributed by atoms with E-state index in [9.17, 15) is 18.7 Å². The number of carbonyl (C=O) groups excluding carboxylic acids is 1. The van der Waals surface area contributed by atoms with E-state index in [1.54, 1.807) is 28.9 Å². The molecular weight excluding hydrogens is 502 g/mol. The molecule has 194 valence electrons. The molecule has 0 spiro atoms. The maximum Gasteiger partial charge on any atom is 0.255 e. The van der Waals surface area contributed by atoms with Gasteiger partial charge in [0.2, 0.25) is 0 Å². The SMILES string of the molecule is C[C@@H](NC(=O)c1cnn(-c2ccc(Cl)cc2)c1C(C)(C)C)[C@](O)(Cn1cncn1)c1ccc(F)cc1F. The Balaban J connectivity index is 1.71. The lowest BCUT2D eigenvalue weighted by Crippen LogP contribution is -2.52. The molecule has 11 heteroatoms. The van der Waals surface area contributed by atoms with E-state index in [1.165, 1.54) is 30.5 Å². The van der Waals surface area contributed by atoms with Gasteiger partial charge in [0, 0.05) is 22.1 Å². The molecule has 0 unspecified atom stereocenters. The molecule has 0 bridgehead atoms. The van der Waals surface area contributed by atoms with E-state index in [-0.39, 0.29) is 17.7 Å². The van der Waals surface area contributed by atoms with E-state index in [2.05, 4.69) is 20.5 Å². The quantitative estimate of drug-likeness (QED) is 0.370. The van der Waals surface area contributed by atoms with Crippen molar-refractivity contribution >= 4 is 17.5 Å². The highest BCUT2D eigenvalue weighted by Crippen LogP contribution is 2.32. The summed E-state index contributed by atoms with van der Waals surface area (Å²) >= 11 is 6.03. The topological polar surface area (TPSA) is 97.9 Å². The predicted molar refractivity (Wildman–Crippen MR) is 134 cm³/mol. The van der Waals surface area contributed by atoms with Crippen molar-refractivity contribution in [2.24, 2.45) is 0 Å². The summed E-state index contributed by atoms with van der Waals surface area (Å²) in [6, 6.07) is 8.91. The van der Waals surface area contributed by atoms with Crippen LogP contribution in [-0.2, 0) is 17.6 Å². The number of benzene rings is 2.